The number of para-hydroxylation sites is 1. The van der Waals surface area contributed by atoms with Crippen LogP contribution >= 0.6 is 0 Å². The number of hydrogen-bond acceptors (Lipinski definition) is 7. The summed E-state index contributed by atoms with van der Waals surface area (Å²) in [7, 11) is -4.14. The third-order valence-corrected chi connectivity index (χ3v) is 10.4. The van der Waals surface area contributed by atoms with E-state index < -0.39 is 33.6 Å². The van der Waals surface area contributed by atoms with Crippen molar-refractivity contribution in [2.24, 2.45) is 0 Å². The Labute approximate surface area is 249 Å². The second-order valence-electron chi connectivity index (χ2n) is 11.3. The van der Waals surface area contributed by atoms with E-state index in [1.807, 2.05) is 30.3 Å². The van der Waals surface area contributed by atoms with Crippen LogP contribution in [0.1, 0.15) is 48.9 Å². The van der Waals surface area contributed by atoms with E-state index in [2.05, 4.69) is 5.32 Å². The van der Waals surface area contributed by atoms with Gasteiger partial charge in [0.25, 0.3) is 5.91 Å². The average Bonchev–Trinajstić information content (AvgIpc) is 3.59. The summed E-state index contributed by atoms with van der Waals surface area (Å²) < 4.78 is 34.1. The molecule has 12 heteroatoms. The Morgan fingerprint density at radius 3 is 2.35 bits per heavy atom. The van der Waals surface area contributed by atoms with Crippen molar-refractivity contribution in [2.75, 3.05) is 13.1 Å². The number of sulfonamides is 1. The predicted octanol–water partition coefficient (Wildman–Crippen LogP) is 2.79. The van der Waals surface area contributed by atoms with E-state index in [4.69, 9.17) is 4.74 Å². The lowest BCUT2D eigenvalue weighted by Gasteiger charge is -2.40. The molecule has 1 N–H and O–H groups in total. The van der Waals surface area contributed by atoms with Gasteiger partial charge in [-0.05, 0) is 61.7 Å². The molecule has 6 rings (SSSR count). The van der Waals surface area contributed by atoms with E-state index >= 15 is 0 Å². The van der Waals surface area contributed by atoms with E-state index in [0.29, 0.717) is 34.6 Å². The quantitative estimate of drug-likeness (QED) is 0.323. The molecule has 2 aromatic carbocycles. The van der Waals surface area contributed by atoms with Gasteiger partial charge < -0.3 is 20.2 Å². The van der Waals surface area contributed by atoms with Crippen LogP contribution in [0.2, 0.25) is 0 Å². The number of aromatic nitrogens is 1. The summed E-state index contributed by atoms with van der Waals surface area (Å²) in [4.78, 5) is 42.2. The molecular formula is C31H32N4O7S. The third-order valence-electron chi connectivity index (χ3n) is 8.56. The van der Waals surface area contributed by atoms with Gasteiger partial charge in [-0.2, -0.15) is 9.04 Å². The molecule has 0 radical (unpaired) electrons. The summed E-state index contributed by atoms with van der Waals surface area (Å²) in [6.07, 6.45) is 5.64. The minimum absolute atomic E-state index is 0.186. The second kappa shape index (κ2) is 11.4. The summed E-state index contributed by atoms with van der Waals surface area (Å²) in [5.41, 5.74) is -0.839. The van der Waals surface area contributed by atoms with Crippen molar-refractivity contribution < 1.29 is 32.3 Å². The second-order valence-corrected chi connectivity index (χ2v) is 13.1. The highest BCUT2D eigenvalue weighted by Gasteiger charge is 2.57. The zero-order valence-electron chi connectivity index (χ0n) is 23.4. The van der Waals surface area contributed by atoms with Gasteiger partial charge in [0.15, 0.2) is 18.2 Å². The van der Waals surface area contributed by atoms with Crippen molar-refractivity contribution in [3.8, 4) is 11.5 Å². The number of Topliss-reactive ketones (excluding diaryl/α,β-unsaturated/α-hetero) is 1. The van der Waals surface area contributed by atoms with Crippen LogP contribution in [0.25, 0.3) is 0 Å². The van der Waals surface area contributed by atoms with Crippen LogP contribution < -0.4 is 14.8 Å². The number of carbonyl (C=O) groups is 3. The topological polar surface area (TPSA) is 140 Å². The summed E-state index contributed by atoms with van der Waals surface area (Å²) in [6.45, 7) is -0.197. The predicted molar refractivity (Wildman–Crippen MR) is 154 cm³/mol. The fourth-order valence-corrected chi connectivity index (χ4v) is 8.09. The highest BCUT2D eigenvalue weighted by atomic mass is 32.2. The number of pyridine rings is 1. The number of ketones is 1. The molecule has 3 aliphatic rings. The zero-order valence-corrected chi connectivity index (χ0v) is 24.2. The molecule has 0 bridgehead atoms. The Morgan fingerprint density at radius 1 is 0.953 bits per heavy atom. The number of carbonyl (C=O) groups excluding carboxylic acids is 3. The number of hydrogen-bond donors (Lipinski definition) is 1. The lowest BCUT2D eigenvalue weighted by Crippen LogP contribution is -2.62. The van der Waals surface area contributed by atoms with Gasteiger partial charge in [0, 0.05) is 18.2 Å². The summed E-state index contributed by atoms with van der Waals surface area (Å²) in [6, 6.07) is 16.9. The average molecular weight is 605 g/mol. The van der Waals surface area contributed by atoms with Crippen LogP contribution in [0.5, 0.6) is 11.5 Å². The van der Waals surface area contributed by atoms with Crippen molar-refractivity contribution in [1.82, 2.24) is 14.5 Å². The largest absolute Gasteiger partial charge is 0.619 e. The van der Waals surface area contributed by atoms with Crippen LogP contribution in [0, 0.1) is 5.21 Å². The number of nitrogens with one attached hydrogen (secondary N) is 1. The van der Waals surface area contributed by atoms with Gasteiger partial charge in [-0.25, -0.2) is 8.42 Å². The van der Waals surface area contributed by atoms with Crippen molar-refractivity contribution >= 4 is 27.6 Å². The minimum atomic E-state index is -4.14. The molecule has 2 atom stereocenters. The zero-order chi connectivity index (χ0) is 30.2. The molecule has 3 fully saturated rings. The summed E-state index contributed by atoms with van der Waals surface area (Å²) in [5, 5.41) is 14.8. The molecule has 2 unspecified atom stereocenters. The maximum Gasteiger partial charge on any atom is 0.252 e. The van der Waals surface area contributed by atoms with E-state index in [1.54, 1.807) is 24.3 Å². The smallest absolute Gasteiger partial charge is 0.252 e. The van der Waals surface area contributed by atoms with Crippen LogP contribution in [0.15, 0.2) is 84.0 Å². The maximum absolute atomic E-state index is 14.2. The Hall–Kier alpha value is -4.29. The molecule has 3 heterocycles. The van der Waals surface area contributed by atoms with Crippen molar-refractivity contribution in [2.45, 2.75) is 61.0 Å². The Balaban J connectivity index is 1.20. The number of nitrogens with zero attached hydrogens (tertiary/aromatic N) is 3. The first-order valence-corrected chi connectivity index (χ1v) is 15.8. The molecule has 3 aromatic rings. The van der Waals surface area contributed by atoms with Gasteiger partial charge in [0.1, 0.15) is 28.0 Å². The standard InChI is InChI=1S/C31H32N4O7S/c36-27-21-35(43(40,41)25-10-7-18-33(39)20-25)26-15-19-34(28(26)27)30(38)31(16-5-2-6-17-31)32-29(37)22-11-13-24(14-12-22)42-23-8-3-1-4-9-23/h1,3-4,7-14,18,20,26,28H,2,5-6,15-17,19,21H2,(H,32,37). The molecule has 1 aromatic heterocycles. The molecular weight excluding hydrogens is 572 g/mol. The van der Waals surface area contributed by atoms with Crippen molar-refractivity contribution in [3.05, 3.63) is 89.9 Å². The van der Waals surface area contributed by atoms with Crippen LogP contribution in [0.3, 0.4) is 0 Å². The highest BCUT2D eigenvalue weighted by Crippen LogP contribution is 2.38. The first-order valence-electron chi connectivity index (χ1n) is 14.4. The minimum Gasteiger partial charge on any atom is -0.619 e. The Bertz CT molecular complexity index is 1640. The molecule has 2 saturated heterocycles. The fourth-order valence-electron chi connectivity index (χ4n) is 6.45. The monoisotopic (exact) mass is 604 g/mol. The van der Waals surface area contributed by atoms with E-state index in [-0.39, 0.29) is 36.1 Å². The van der Waals surface area contributed by atoms with Gasteiger partial charge in [0.05, 0.1) is 12.6 Å². The van der Waals surface area contributed by atoms with Crippen LogP contribution in [-0.4, -0.2) is 65.9 Å². The van der Waals surface area contributed by atoms with Crippen LogP contribution in [0.4, 0.5) is 0 Å². The number of fused-ring (bicyclic) bond motifs is 1. The maximum atomic E-state index is 14.2. The van der Waals surface area contributed by atoms with E-state index in [1.165, 1.54) is 23.2 Å². The van der Waals surface area contributed by atoms with E-state index in [0.717, 1.165) is 29.8 Å². The number of rotatable bonds is 7. The van der Waals surface area contributed by atoms with Gasteiger partial charge in [-0.1, -0.05) is 37.5 Å². The Kier molecular flexibility index (Phi) is 7.65. The molecule has 43 heavy (non-hydrogen) atoms. The van der Waals surface area contributed by atoms with Crippen molar-refractivity contribution in [1.29, 1.82) is 0 Å². The summed E-state index contributed by atoms with van der Waals surface area (Å²) >= 11 is 0. The lowest BCUT2D eigenvalue weighted by molar-refractivity contribution is -0.607. The third kappa shape index (κ3) is 5.48. The van der Waals surface area contributed by atoms with Gasteiger partial charge in [-0.15, -0.1) is 0 Å². The lowest BCUT2D eigenvalue weighted by atomic mass is 9.80. The number of likely N-dealkylation sites (tertiary alicyclic amines) is 1. The molecule has 11 nitrogen and oxygen atoms in total. The molecule has 1 saturated carbocycles. The normalized spacial score (nSPS) is 21.8. The number of amides is 2. The molecule has 1 aliphatic carbocycles. The molecule has 0 spiro atoms. The number of ether oxygens (including phenoxy) is 1. The van der Waals surface area contributed by atoms with Crippen LogP contribution in [-0.2, 0) is 19.6 Å². The Morgan fingerprint density at radius 2 is 1.65 bits per heavy atom. The molecule has 2 amide bonds. The highest BCUT2D eigenvalue weighted by molar-refractivity contribution is 7.89. The molecule has 224 valence electrons. The van der Waals surface area contributed by atoms with Crippen molar-refractivity contribution in [3.63, 3.8) is 0 Å². The summed E-state index contributed by atoms with van der Waals surface area (Å²) in [5.74, 6) is 0.0859. The van der Waals surface area contributed by atoms with Gasteiger partial charge >= 0.3 is 0 Å². The first kappa shape index (κ1) is 28.8. The van der Waals surface area contributed by atoms with Gasteiger partial charge in [-0.3, -0.25) is 14.4 Å². The fraction of sp³-hybridized carbons (Fsp3) is 0.355. The first-order chi connectivity index (χ1) is 20.7. The van der Waals surface area contributed by atoms with Gasteiger partial charge in [0.2, 0.25) is 15.9 Å². The van der Waals surface area contributed by atoms with E-state index in [9.17, 15) is 28.0 Å². The molecule has 2 aliphatic heterocycles. The SMILES string of the molecule is O=C(NC1(C(=O)N2CCC3C2C(=O)CN3S(=O)(=O)c2ccc[n+]([O-])c2)CCCCC1)c1ccc(Oc2ccccc2)cc1. The number of benzene rings is 2.